The molecule has 0 aliphatic heterocycles. The van der Waals surface area contributed by atoms with Gasteiger partial charge < -0.3 is 5.73 Å². The summed E-state index contributed by atoms with van der Waals surface area (Å²) in [6, 6.07) is 8.38. The quantitative estimate of drug-likeness (QED) is 0.860. The summed E-state index contributed by atoms with van der Waals surface area (Å²) in [7, 11) is 0. The van der Waals surface area contributed by atoms with Crippen LogP contribution in [0.2, 0.25) is 5.02 Å². The van der Waals surface area contributed by atoms with Crippen LogP contribution in [0.15, 0.2) is 24.3 Å². The molecule has 1 aromatic carbocycles. The molecule has 18 heavy (non-hydrogen) atoms. The van der Waals surface area contributed by atoms with Crippen LogP contribution in [0.3, 0.4) is 0 Å². The van der Waals surface area contributed by atoms with Crippen molar-refractivity contribution in [1.29, 1.82) is 0 Å². The first-order valence-electron chi connectivity index (χ1n) is 6.96. The molecule has 0 radical (unpaired) electrons. The smallest absolute Gasteiger partial charge is 0.0406 e. The molecule has 0 aromatic heterocycles. The summed E-state index contributed by atoms with van der Waals surface area (Å²) >= 11 is 5.90. The second-order valence-corrected chi connectivity index (χ2v) is 6.93. The third kappa shape index (κ3) is 3.73. The van der Waals surface area contributed by atoms with Gasteiger partial charge in [-0.1, -0.05) is 37.6 Å². The highest BCUT2D eigenvalue weighted by atomic mass is 35.5. The van der Waals surface area contributed by atoms with Crippen LogP contribution >= 0.6 is 11.6 Å². The van der Waals surface area contributed by atoms with Crippen molar-refractivity contribution in [3.8, 4) is 0 Å². The zero-order chi connectivity index (χ0) is 13.2. The van der Waals surface area contributed by atoms with E-state index in [1.165, 1.54) is 31.2 Å². The predicted molar refractivity (Wildman–Crippen MR) is 78.9 cm³/mol. The van der Waals surface area contributed by atoms with E-state index in [1.54, 1.807) is 0 Å². The summed E-state index contributed by atoms with van der Waals surface area (Å²) in [5.74, 6) is 0.689. The van der Waals surface area contributed by atoms with Crippen LogP contribution in [0.5, 0.6) is 0 Å². The summed E-state index contributed by atoms with van der Waals surface area (Å²) in [5.41, 5.74) is 8.20. The van der Waals surface area contributed by atoms with Gasteiger partial charge in [0.05, 0.1) is 0 Å². The first-order chi connectivity index (χ1) is 8.46. The lowest BCUT2D eigenvalue weighted by Crippen LogP contribution is -2.36. The van der Waals surface area contributed by atoms with Crippen molar-refractivity contribution >= 4 is 11.6 Å². The van der Waals surface area contributed by atoms with Crippen molar-refractivity contribution in [1.82, 2.24) is 0 Å². The molecule has 2 rings (SSSR count). The van der Waals surface area contributed by atoms with Crippen LogP contribution in [0.4, 0.5) is 0 Å². The molecule has 1 nitrogen and oxygen atoms in total. The Bertz CT molecular complexity index is 373. The minimum Gasteiger partial charge on any atom is -0.327 e. The molecule has 1 aliphatic rings. The maximum atomic E-state index is 6.37. The molecule has 1 saturated carbocycles. The van der Waals surface area contributed by atoms with Crippen LogP contribution in [0.25, 0.3) is 0 Å². The molecule has 0 spiro atoms. The van der Waals surface area contributed by atoms with Crippen molar-refractivity contribution in [2.24, 2.45) is 17.1 Å². The number of rotatable bonds is 3. The van der Waals surface area contributed by atoms with Crippen LogP contribution in [0.1, 0.15) is 45.1 Å². The first-order valence-corrected chi connectivity index (χ1v) is 7.34. The Morgan fingerprint density at radius 3 is 2.33 bits per heavy atom. The van der Waals surface area contributed by atoms with Crippen molar-refractivity contribution in [2.45, 2.75) is 52.0 Å². The van der Waals surface area contributed by atoms with Crippen LogP contribution in [-0.2, 0) is 6.42 Å². The lowest BCUT2D eigenvalue weighted by molar-refractivity contribution is 0.173. The first kappa shape index (κ1) is 13.9. The summed E-state index contributed by atoms with van der Waals surface area (Å²) in [5, 5.41) is 0.798. The fourth-order valence-electron chi connectivity index (χ4n) is 2.91. The number of halogens is 1. The van der Waals surface area contributed by atoms with E-state index in [9.17, 15) is 0 Å². The highest BCUT2D eigenvalue weighted by Crippen LogP contribution is 2.39. The lowest BCUT2D eigenvalue weighted by atomic mass is 9.70. The number of hydrogen-bond donors (Lipinski definition) is 1. The molecule has 0 amide bonds. The van der Waals surface area contributed by atoms with E-state index in [1.807, 2.05) is 12.1 Å². The van der Waals surface area contributed by atoms with Gasteiger partial charge in [-0.3, -0.25) is 0 Å². The Morgan fingerprint density at radius 2 is 1.78 bits per heavy atom. The van der Waals surface area contributed by atoms with Crippen LogP contribution < -0.4 is 5.73 Å². The van der Waals surface area contributed by atoms with Gasteiger partial charge in [0.15, 0.2) is 0 Å². The highest BCUT2D eigenvalue weighted by Gasteiger charge is 2.29. The molecular formula is C16H24ClN. The minimum atomic E-state index is 0.294. The van der Waals surface area contributed by atoms with E-state index in [0.29, 0.717) is 17.4 Å². The second-order valence-electron chi connectivity index (χ2n) is 6.50. The van der Waals surface area contributed by atoms with E-state index in [-0.39, 0.29) is 0 Å². The Kier molecular flexibility index (Phi) is 4.34. The predicted octanol–water partition coefficient (Wildman–Crippen LogP) is 4.43. The standard InChI is InChI=1S/C16H24ClN/c1-16(2)9-7-13(8-10-16)15(18)11-12-3-5-14(17)6-4-12/h3-6,13,15H,7-11,18H2,1-2H3. The van der Waals surface area contributed by atoms with Gasteiger partial charge in [0.2, 0.25) is 0 Å². The summed E-state index contributed by atoms with van der Waals surface area (Å²) < 4.78 is 0. The summed E-state index contributed by atoms with van der Waals surface area (Å²) in [6.07, 6.45) is 6.16. The zero-order valence-corrected chi connectivity index (χ0v) is 12.2. The summed E-state index contributed by atoms with van der Waals surface area (Å²) in [4.78, 5) is 0. The largest absolute Gasteiger partial charge is 0.327 e. The maximum Gasteiger partial charge on any atom is 0.0406 e. The molecule has 1 aromatic rings. The molecule has 1 aliphatic carbocycles. The van der Waals surface area contributed by atoms with Gasteiger partial charge in [0.1, 0.15) is 0 Å². The van der Waals surface area contributed by atoms with Gasteiger partial charge in [-0.05, 0) is 61.1 Å². The van der Waals surface area contributed by atoms with Crippen LogP contribution in [-0.4, -0.2) is 6.04 Å². The Balaban J connectivity index is 1.89. The van der Waals surface area contributed by atoms with Crippen molar-refractivity contribution in [3.05, 3.63) is 34.9 Å². The fraction of sp³-hybridized carbons (Fsp3) is 0.625. The van der Waals surface area contributed by atoms with Gasteiger partial charge in [-0.25, -0.2) is 0 Å². The molecule has 2 heteroatoms. The average molecular weight is 266 g/mol. The van der Waals surface area contributed by atoms with Gasteiger partial charge >= 0.3 is 0 Å². The Hall–Kier alpha value is -0.530. The zero-order valence-electron chi connectivity index (χ0n) is 11.5. The van der Waals surface area contributed by atoms with E-state index < -0.39 is 0 Å². The molecule has 100 valence electrons. The molecule has 0 bridgehead atoms. The average Bonchev–Trinajstić information content (AvgIpc) is 2.32. The van der Waals surface area contributed by atoms with E-state index in [4.69, 9.17) is 17.3 Å². The molecule has 1 unspecified atom stereocenters. The number of hydrogen-bond acceptors (Lipinski definition) is 1. The molecule has 0 saturated heterocycles. The molecule has 0 heterocycles. The van der Waals surface area contributed by atoms with Crippen molar-refractivity contribution in [3.63, 3.8) is 0 Å². The third-order valence-corrected chi connectivity index (χ3v) is 4.63. The summed E-state index contributed by atoms with van der Waals surface area (Å²) in [6.45, 7) is 4.74. The van der Waals surface area contributed by atoms with Gasteiger partial charge in [0.25, 0.3) is 0 Å². The molecular weight excluding hydrogens is 242 g/mol. The molecule has 1 fully saturated rings. The SMILES string of the molecule is CC1(C)CCC(C(N)Cc2ccc(Cl)cc2)CC1. The monoisotopic (exact) mass is 265 g/mol. The Morgan fingerprint density at radius 1 is 1.22 bits per heavy atom. The van der Waals surface area contributed by atoms with Gasteiger partial charge in [-0.2, -0.15) is 0 Å². The normalized spacial score (nSPS) is 21.8. The minimum absolute atomic E-state index is 0.294. The maximum absolute atomic E-state index is 6.37. The Labute approximate surface area is 116 Å². The fourth-order valence-corrected chi connectivity index (χ4v) is 3.04. The van der Waals surface area contributed by atoms with Crippen molar-refractivity contribution < 1.29 is 0 Å². The second kappa shape index (κ2) is 5.63. The topological polar surface area (TPSA) is 26.0 Å². The van der Waals surface area contributed by atoms with Gasteiger partial charge in [0, 0.05) is 11.1 Å². The third-order valence-electron chi connectivity index (χ3n) is 4.37. The number of nitrogens with two attached hydrogens (primary N) is 1. The highest BCUT2D eigenvalue weighted by molar-refractivity contribution is 6.30. The van der Waals surface area contributed by atoms with Crippen LogP contribution in [0, 0.1) is 11.3 Å². The molecule has 1 atom stereocenters. The number of benzene rings is 1. The lowest BCUT2D eigenvalue weighted by Gasteiger charge is -2.36. The van der Waals surface area contributed by atoms with Crippen molar-refractivity contribution in [2.75, 3.05) is 0 Å². The van der Waals surface area contributed by atoms with E-state index in [2.05, 4.69) is 26.0 Å². The van der Waals surface area contributed by atoms with E-state index >= 15 is 0 Å². The van der Waals surface area contributed by atoms with Gasteiger partial charge in [-0.15, -0.1) is 0 Å². The van der Waals surface area contributed by atoms with E-state index in [0.717, 1.165) is 11.4 Å². The molecule has 2 N–H and O–H groups in total.